The van der Waals surface area contributed by atoms with Crippen molar-refractivity contribution in [3.05, 3.63) is 42.2 Å². The van der Waals surface area contributed by atoms with Gasteiger partial charge in [0.2, 0.25) is 0 Å². The summed E-state index contributed by atoms with van der Waals surface area (Å²) in [6.07, 6.45) is 4.82. The number of hydrogen-bond donors (Lipinski definition) is 2. The summed E-state index contributed by atoms with van der Waals surface area (Å²) in [6.45, 7) is 4.39. The zero-order valence-electron chi connectivity index (χ0n) is 10.4. The van der Waals surface area contributed by atoms with E-state index in [0.29, 0.717) is 5.92 Å². The summed E-state index contributed by atoms with van der Waals surface area (Å²) < 4.78 is 0. The summed E-state index contributed by atoms with van der Waals surface area (Å²) in [5.74, 6) is 6.19. The van der Waals surface area contributed by atoms with Crippen LogP contribution in [0.15, 0.2) is 36.7 Å². The van der Waals surface area contributed by atoms with Crippen LogP contribution in [0, 0.1) is 5.92 Å². The maximum atomic E-state index is 5.70. The Kier molecular flexibility index (Phi) is 3.71. The monoisotopic (exact) mass is 229 g/mol. The number of hydrazine groups is 1. The van der Waals surface area contributed by atoms with Crippen LogP contribution in [0.25, 0.3) is 10.8 Å². The topological polar surface area (TPSA) is 50.9 Å². The third kappa shape index (κ3) is 2.30. The lowest BCUT2D eigenvalue weighted by Crippen LogP contribution is -2.32. The quantitative estimate of drug-likeness (QED) is 0.626. The SMILES string of the molecule is CCC(C)C(NN)c1cccc2ccncc12. The van der Waals surface area contributed by atoms with E-state index < -0.39 is 0 Å². The van der Waals surface area contributed by atoms with Gasteiger partial charge in [0.1, 0.15) is 0 Å². The third-order valence-corrected chi connectivity index (χ3v) is 3.44. The molecule has 0 bridgehead atoms. The molecule has 2 unspecified atom stereocenters. The first-order valence-corrected chi connectivity index (χ1v) is 6.06. The Bertz CT molecular complexity index is 490. The molecular formula is C14H19N3. The molecule has 90 valence electrons. The lowest BCUT2D eigenvalue weighted by atomic mass is 9.90. The van der Waals surface area contributed by atoms with Crippen molar-refractivity contribution in [2.75, 3.05) is 0 Å². The van der Waals surface area contributed by atoms with Crippen molar-refractivity contribution >= 4 is 10.8 Å². The molecule has 1 aromatic carbocycles. The van der Waals surface area contributed by atoms with Gasteiger partial charge >= 0.3 is 0 Å². The number of benzene rings is 1. The van der Waals surface area contributed by atoms with E-state index in [0.717, 1.165) is 6.42 Å². The van der Waals surface area contributed by atoms with Gasteiger partial charge in [-0.15, -0.1) is 0 Å². The predicted molar refractivity (Wildman–Crippen MR) is 71.3 cm³/mol. The summed E-state index contributed by atoms with van der Waals surface area (Å²) in [6, 6.07) is 8.51. The van der Waals surface area contributed by atoms with Crippen molar-refractivity contribution in [3.8, 4) is 0 Å². The van der Waals surface area contributed by atoms with Crippen LogP contribution in [-0.2, 0) is 0 Å². The number of rotatable bonds is 4. The highest BCUT2D eigenvalue weighted by Crippen LogP contribution is 2.29. The molecule has 0 amide bonds. The van der Waals surface area contributed by atoms with Gasteiger partial charge in [0.05, 0.1) is 0 Å². The van der Waals surface area contributed by atoms with Crippen LogP contribution >= 0.6 is 0 Å². The highest BCUT2D eigenvalue weighted by atomic mass is 15.2. The molecule has 0 aliphatic heterocycles. The standard InChI is InChI=1S/C14H19N3/c1-3-10(2)14(17-15)12-6-4-5-11-7-8-16-9-13(11)12/h4-10,14,17H,3,15H2,1-2H3. The van der Waals surface area contributed by atoms with E-state index in [9.17, 15) is 0 Å². The number of nitrogens with zero attached hydrogens (tertiary/aromatic N) is 1. The molecule has 3 nitrogen and oxygen atoms in total. The van der Waals surface area contributed by atoms with Crippen molar-refractivity contribution < 1.29 is 0 Å². The first kappa shape index (κ1) is 12.0. The van der Waals surface area contributed by atoms with Gasteiger partial charge in [0.15, 0.2) is 0 Å². The van der Waals surface area contributed by atoms with E-state index in [-0.39, 0.29) is 6.04 Å². The van der Waals surface area contributed by atoms with Crippen LogP contribution in [0.5, 0.6) is 0 Å². The number of aromatic nitrogens is 1. The maximum absolute atomic E-state index is 5.70. The lowest BCUT2D eigenvalue weighted by Gasteiger charge is -2.23. The van der Waals surface area contributed by atoms with Crippen molar-refractivity contribution in [2.45, 2.75) is 26.3 Å². The Morgan fingerprint density at radius 2 is 2.18 bits per heavy atom. The van der Waals surface area contributed by atoms with Gasteiger partial charge in [-0.25, -0.2) is 0 Å². The molecule has 1 aromatic heterocycles. The molecule has 1 heterocycles. The van der Waals surface area contributed by atoms with Gasteiger partial charge in [-0.2, -0.15) is 0 Å². The molecule has 3 N–H and O–H groups in total. The normalized spacial score (nSPS) is 14.8. The van der Waals surface area contributed by atoms with Gasteiger partial charge in [-0.3, -0.25) is 16.3 Å². The van der Waals surface area contributed by atoms with Crippen molar-refractivity contribution in [1.29, 1.82) is 0 Å². The number of nitrogens with two attached hydrogens (primary N) is 1. The largest absolute Gasteiger partial charge is 0.271 e. The summed E-state index contributed by atoms with van der Waals surface area (Å²) in [5.41, 5.74) is 4.16. The molecule has 0 saturated carbocycles. The predicted octanol–water partition coefficient (Wildman–Crippen LogP) is 2.79. The molecule has 2 rings (SSSR count). The van der Waals surface area contributed by atoms with Crippen LogP contribution in [0.3, 0.4) is 0 Å². The molecule has 3 heteroatoms. The van der Waals surface area contributed by atoms with Gasteiger partial charge in [0.25, 0.3) is 0 Å². The van der Waals surface area contributed by atoms with Gasteiger partial charge in [0, 0.05) is 23.8 Å². The molecule has 0 aliphatic rings. The molecule has 2 atom stereocenters. The van der Waals surface area contributed by atoms with E-state index >= 15 is 0 Å². The molecule has 0 fully saturated rings. The smallest absolute Gasteiger partial charge is 0.0492 e. The minimum atomic E-state index is 0.174. The fourth-order valence-electron chi connectivity index (χ4n) is 2.20. The molecule has 17 heavy (non-hydrogen) atoms. The van der Waals surface area contributed by atoms with E-state index in [1.807, 2.05) is 18.5 Å². The Morgan fingerprint density at radius 3 is 2.88 bits per heavy atom. The first-order chi connectivity index (χ1) is 8.27. The molecule has 0 saturated heterocycles. The van der Waals surface area contributed by atoms with E-state index in [1.165, 1.54) is 16.3 Å². The summed E-state index contributed by atoms with van der Waals surface area (Å²) in [7, 11) is 0. The second kappa shape index (κ2) is 5.25. The van der Waals surface area contributed by atoms with Gasteiger partial charge in [-0.1, -0.05) is 38.5 Å². The minimum Gasteiger partial charge on any atom is -0.271 e. The summed E-state index contributed by atoms with van der Waals surface area (Å²) in [5, 5.41) is 2.39. The highest BCUT2D eigenvalue weighted by molar-refractivity contribution is 5.85. The lowest BCUT2D eigenvalue weighted by molar-refractivity contribution is 0.385. The zero-order chi connectivity index (χ0) is 12.3. The van der Waals surface area contributed by atoms with Crippen LogP contribution in [0.4, 0.5) is 0 Å². The van der Waals surface area contributed by atoms with Crippen molar-refractivity contribution in [3.63, 3.8) is 0 Å². The van der Waals surface area contributed by atoms with Crippen molar-refractivity contribution in [1.82, 2.24) is 10.4 Å². The molecule has 0 radical (unpaired) electrons. The molecule has 0 aliphatic carbocycles. The second-order valence-corrected chi connectivity index (χ2v) is 4.47. The molecule has 2 aromatic rings. The highest BCUT2D eigenvalue weighted by Gasteiger charge is 2.18. The Hall–Kier alpha value is -1.45. The van der Waals surface area contributed by atoms with E-state index in [2.05, 4.69) is 42.5 Å². The summed E-state index contributed by atoms with van der Waals surface area (Å²) in [4.78, 5) is 4.21. The second-order valence-electron chi connectivity index (χ2n) is 4.47. The summed E-state index contributed by atoms with van der Waals surface area (Å²) >= 11 is 0. The number of hydrogen-bond acceptors (Lipinski definition) is 3. The first-order valence-electron chi connectivity index (χ1n) is 6.06. The van der Waals surface area contributed by atoms with Crippen LogP contribution in [0.1, 0.15) is 31.9 Å². The fourth-order valence-corrected chi connectivity index (χ4v) is 2.20. The average Bonchev–Trinajstić information content (AvgIpc) is 2.39. The molecular weight excluding hydrogens is 210 g/mol. The van der Waals surface area contributed by atoms with Gasteiger partial charge in [-0.05, 0) is 22.9 Å². The van der Waals surface area contributed by atoms with Crippen LogP contribution in [0.2, 0.25) is 0 Å². The van der Waals surface area contributed by atoms with E-state index in [1.54, 1.807) is 0 Å². The molecule has 0 spiro atoms. The minimum absolute atomic E-state index is 0.174. The number of nitrogens with one attached hydrogen (secondary N) is 1. The van der Waals surface area contributed by atoms with Crippen molar-refractivity contribution in [2.24, 2.45) is 11.8 Å². The Morgan fingerprint density at radius 1 is 1.35 bits per heavy atom. The third-order valence-electron chi connectivity index (χ3n) is 3.44. The zero-order valence-corrected chi connectivity index (χ0v) is 10.4. The number of pyridine rings is 1. The van der Waals surface area contributed by atoms with Crippen LogP contribution in [-0.4, -0.2) is 4.98 Å². The maximum Gasteiger partial charge on any atom is 0.0492 e. The number of fused-ring (bicyclic) bond motifs is 1. The van der Waals surface area contributed by atoms with E-state index in [4.69, 9.17) is 5.84 Å². The van der Waals surface area contributed by atoms with Crippen LogP contribution < -0.4 is 11.3 Å². The van der Waals surface area contributed by atoms with Gasteiger partial charge < -0.3 is 0 Å². The Balaban J connectivity index is 2.53. The fraction of sp³-hybridized carbons (Fsp3) is 0.357. The Labute approximate surface area is 102 Å². The average molecular weight is 229 g/mol.